The van der Waals surface area contributed by atoms with E-state index in [0.29, 0.717) is 28.3 Å². The molecule has 1 aromatic heterocycles. The number of hydrogen-bond acceptors (Lipinski definition) is 5. The molecule has 0 radical (unpaired) electrons. The van der Waals surface area contributed by atoms with Crippen LogP contribution in [0.3, 0.4) is 0 Å². The molecule has 2 aliphatic rings. The van der Waals surface area contributed by atoms with E-state index in [9.17, 15) is 8.42 Å². The summed E-state index contributed by atoms with van der Waals surface area (Å²) < 4.78 is 29.0. The molecule has 2 bridgehead atoms. The van der Waals surface area contributed by atoms with E-state index >= 15 is 0 Å². The number of piperazine rings is 1. The van der Waals surface area contributed by atoms with Gasteiger partial charge in [0, 0.05) is 30.6 Å². The highest BCUT2D eigenvalue weighted by atomic mass is 32.2. The molecule has 2 saturated heterocycles. The highest BCUT2D eigenvalue weighted by Crippen LogP contribution is 2.36. The highest BCUT2D eigenvalue weighted by Gasteiger charge is 2.38. The summed E-state index contributed by atoms with van der Waals surface area (Å²) in [4.78, 5) is 7.42. The van der Waals surface area contributed by atoms with Crippen LogP contribution in [0, 0.1) is 6.92 Å². The lowest BCUT2D eigenvalue weighted by Gasteiger charge is -2.29. The number of hydrogen-bond donors (Lipinski definition) is 1. The van der Waals surface area contributed by atoms with E-state index in [0.717, 1.165) is 41.5 Å². The maximum Gasteiger partial charge on any atom is 0.270 e. The molecule has 2 aliphatic heterocycles. The molecule has 1 N–H and O–H groups in total. The predicted molar refractivity (Wildman–Crippen MR) is 119 cm³/mol. The third-order valence-electron chi connectivity index (χ3n) is 6.41. The molecule has 0 spiro atoms. The van der Waals surface area contributed by atoms with Gasteiger partial charge < -0.3 is 10.2 Å². The van der Waals surface area contributed by atoms with Crippen LogP contribution in [-0.2, 0) is 10.0 Å². The Morgan fingerprint density at radius 1 is 1.03 bits per heavy atom. The van der Waals surface area contributed by atoms with Crippen molar-refractivity contribution in [3.05, 3.63) is 66.5 Å². The van der Waals surface area contributed by atoms with Gasteiger partial charge in [-0.05, 0) is 36.9 Å². The van der Waals surface area contributed by atoms with Crippen LogP contribution in [0.5, 0.6) is 0 Å². The molecule has 0 saturated carbocycles. The second kappa shape index (κ2) is 6.30. The van der Waals surface area contributed by atoms with Crippen LogP contribution < -0.4 is 10.2 Å². The molecular weight excluding hydrogens is 396 g/mol. The van der Waals surface area contributed by atoms with Gasteiger partial charge in [0.25, 0.3) is 10.0 Å². The average molecular weight is 419 g/mol. The minimum absolute atomic E-state index is 0.304. The maximum atomic E-state index is 13.8. The molecule has 2 atom stereocenters. The molecule has 3 aromatic carbocycles. The van der Waals surface area contributed by atoms with Crippen molar-refractivity contribution in [2.24, 2.45) is 0 Å². The van der Waals surface area contributed by atoms with Crippen LogP contribution >= 0.6 is 0 Å². The molecule has 0 amide bonds. The summed E-state index contributed by atoms with van der Waals surface area (Å²) in [5.74, 6) is 0.480. The third kappa shape index (κ3) is 2.45. The van der Waals surface area contributed by atoms with Gasteiger partial charge in [0.2, 0.25) is 0 Å². The van der Waals surface area contributed by atoms with Crippen molar-refractivity contribution in [2.45, 2.75) is 30.3 Å². The van der Waals surface area contributed by atoms with Gasteiger partial charge in [0.15, 0.2) is 0 Å². The number of nitrogens with zero attached hydrogens (tertiary/aromatic N) is 3. The molecule has 6 rings (SSSR count). The fourth-order valence-electron chi connectivity index (χ4n) is 5.09. The molecule has 3 heterocycles. The molecule has 0 aliphatic carbocycles. The van der Waals surface area contributed by atoms with Gasteiger partial charge in [-0.25, -0.2) is 17.4 Å². The van der Waals surface area contributed by atoms with Gasteiger partial charge in [0.1, 0.15) is 11.3 Å². The van der Waals surface area contributed by atoms with Crippen molar-refractivity contribution in [3.8, 4) is 0 Å². The Hall–Kier alpha value is -2.90. The first-order valence-corrected chi connectivity index (χ1v) is 11.7. The zero-order chi connectivity index (χ0) is 20.5. The van der Waals surface area contributed by atoms with Crippen LogP contribution in [-0.4, -0.2) is 42.5 Å². The Morgan fingerprint density at radius 2 is 1.83 bits per heavy atom. The first-order chi connectivity index (χ1) is 14.5. The van der Waals surface area contributed by atoms with E-state index in [1.54, 1.807) is 19.1 Å². The van der Waals surface area contributed by atoms with Crippen LogP contribution in [0.1, 0.15) is 12.2 Å². The lowest BCUT2D eigenvalue weighted by molar-refractivity contribution is 0.581. The standard InChI is InChI=1S/C23H22N4O2S/c1-15-25-23-20(26-14-17-12-18(26)13-24-17)9-5-10-21(23)27(15)30(28,29)22-11-4-7-16-6-2-3-8-19(16)22/h2-11,17-18,24H,12-14H2,1H3/t17-,18-/m0/s1. The molecule has 0 unspecified atom stereocenters. The van der Waals surface area contributed by atoms with Gasteiger partial charge in [-0.2, -0.15) is 0 Å². The van der Waals surface area contributed by atoms with E-state index in [2.05, 4.69) is 16.3 Å². The fourth-order valence-corrected chi connectivity index (χ4v) is 6.80. The average Bonchev–Trinajstić information content (AvgIpc) is 3.46. The largest absolute Gasteiger partial charge is 0.364 e. The van der Waals surface area contributed by atoms with E-state index in [1.165, 1.54) is 3.97 Å². The molecule has 6 nitrogen and oxygen atoms in total. The van der Waals surface area contributed by atoms with E-state index in [-0.39, 0.29) is 0 Å². The summed E-state index contributed by atoms with van der Waals surface area (Å²) in [5, 5.41) is 5.15. The van der Waals surface area contributed by atoms with Crippen LogP contribution in [0.25, 0.3) is 21.8 Å². The summed E-state index contributed by atoms with van der Waals surface area (Å²) in [7, 11) is -3.81. The molecule has 30 heavy (non-hydrogen) atoms. The predicted octanol–water partition coefficient (Wildman–Crippen LogP) is 3.29. The first kappa shape index (κ1) is 17.9. The molecular formula is C23H22N4O2S. The van der Waals surface area contributed by atoms with E-state index < -0.39 is 10.0 Å². The first-order valence-electron chi connectivity index (χ1n) is 10.3. The van der Waals surface area contributed by atoms with Crippen molar-refractivity contribution in [1.82, 2.24) is 14.3 Å². The zero-order valence-corrected chi connectivity index (χ0v) is 17.4. The van der Waals surface area contributed by atoms with E-state index in [1.807, 2.05) is 42.5 Å². The van der Waals surface area contributed by atoms with E-state index in [4.69, 9.17) is 4.98 Å². The topological polar surface area (TPSA) is 67.2 Å². The Kier molecular flexibility index (Phi) is 3.76. The minimum Gasteiger partial charge on any atom is -0.364 e. The Bertz CT molecular complexity index is 1400. The van der Waals surface area contributed by atoms with Crippen molar-refractivity contribution in [3.63, 3.8) is 0 Å². The van der Waals surface area contributed by atoms with Gasteiger partial charge in [0.05, 0.1) is 16.1 Å². The van der Waals surface area contributed by atoms with Gasteiger partial charge in [-0.3, -0.25) is 0 Å². The van der Waals surface area contributed by atoms with Gasteiger partial charge in [-0.15, -0.1) is 0 Å². The van der Waals surface area contributed by atoms with Crippen LogP contribution in [0.15, 0.2) is 65.6 Å². The second-order valence-corrected chi connectivity index (χ2v) is 9.95. The highest BCUT2D eigenvalue weighted by molar-refractivity contribution is 7.90. The number of benzene rings is 3. The van der Waals surface area contributed by atoms with Crippen molar-refractivity contribution < 1.29 is 8.42 Å². The fraction of sp³-hybridized carbons (Fsp3) is 0.261. The number of imidazole rings is 1. The summed E-state index contributed by atoms with van der Waals surface area (Å²) in [6.07, 6.45) is 1.13. The summed E-state index contributed by atoms with van der Waals surface area (Å²) in [5.41, 5.74) is 2.41. The Morgan fingerprint density at radius 3 is 2.63 bits per heavy atom. The third-order valence-corrected chi connectivity index (χ3v) is 8.27. The van der Waals surface area contributed by atoms with Crippen molar-refractivity contribution in [1.29, 1.82) is 0 Å². The molecule has 4 aromatic rings. The summed E-state index contributed by atoms with van der Waals surface area (Å²) >= 11 is 0. The Balaban J connectivity index is 1.56. The summed E-state index contributed by atoms with van der Waals surface area (Å²) in [6, 6.07) is 19.8. The van der Waals surface area contributed by atoms with Gasteiger partial charge in [-0.1, -0.05) is 42.5 Å². The SMILES string of the molecule is Cc1nc2c(N3C[C@@H]4C[C@H]3CN4)cccc2n1S(=O)(=O)c1cccc2ccccc12. The smallest absolute Gasteiger partial charge is 0.270 e. The quantitative estimate of drug-likeness (QED) is 0.553. The minimum atomic E-state index is -3.81. The number of fused-ring (bicyclic) bond motifs is 4. The number of aromatic nitrogens is 2. The number of aryl methyl sites for hydroxylation is 1. The molecule has 2 fully saturated rings. The Labute approximate surface area is 175 Å². The lowest BCUT2D eigenvalue weighted by Crippen LogP contribution is -2.43. The zero-order valence-electron chi connectivity index (χ0n) is 16.6. The number of nitrogens with one attached hydrogen (secondary N) is 1. The van der Waals surface area contributed by atoms with Crippen molar-refractivity contribution >= 4 is 37.5 Å². The monoisotopic (exact) mass is 418 g/mol. The maximum absolute atomic E-state index is 13.8. The molecule has 7 heteroatoms. The lowest BCUT2D eigenvalue weighted by atomic mass is 10.1. The number of anilines is 1. The molecule has 152 valence electrons. The summed E-state index contributed by atoms with van der Waals surface area (Å²) in [6.45, 7) is 3.67. The number of para-hydroxylation sites is 1. The second-order valence-electron chi connectivity index (χ2n) is 8.20. The van der Waals surface area contributed by atoms with Crippen LogP contribution in [0.4, 0.5) is 5.69 Å². The van der Waals surface area contributed by atoms with Crippen molar-refractivity contribution in [2.75, 3.05) is 18.0 Å². The van der Waals surface area contributed by atoms with Crippen LogP contribution in [0.2, 0.25) is 0 Å². The normalized spacial score (nSPS) is 21.2. The van der Waals surface area contributed by atoms with Gasteiger partial charge >= 0.3 is 0 Å². The number of rotatable bonds is 3.